The van der Waals surface area contributed by atoms with Crippen molar-refractivity contribution >= 4 is 5.97 Å². The van der Waals surface area contributed by atoms with E-state index in [0.717, 1.165) is 45.3 Å². The zero-order chi connectivity index (χ0) is 12.3. The molecule has 0 radical (unpaired) electrons. The molecule has 98 valence electrons. The van der Waals surface area contributed by atoms with Gasteiger partial charge in [0.2, 0.25) is 0 Å². The van der Waals surface area contributed by atoms with E-state index < -0.39 is 5.41 Å². The van der Waals surface area contributed by atoms with Gasteiger partial charge in [-0.1, -0.05) is 12.8 Å². The molecule has 2 N–H and O–H groups in total. The fourth-order valence-electron chi connectivity index (χ4n) is 2.69. The highest BCUT2D eigenvalue weighted by molar-refractivity contribution is 5.77. The van der Waals surface area contributed by atoms with Crippen LogP contribution >= 0.6 is 0 Å². The van der Waals surface area contributed by atoms with Gasteiger partial charge < -0.3 is 15.2 Å². The van der Waals surface area contributed by atoms with E-state index in [0.29, 0.717) is 12.5 Å². The molecule has 0 bridgehead atoms. The number of carbonyl (C=O) groups is 1. The highest BCUT2D eigenvalue weighted by Crippen LogP contribution is 2.36. The van der Waals surface area contributed by atoms with Crippen molar-refractivity contribution in [1.29, 1.82) is 0 Å². The molecule has 3 unspecified atom stereocenters. The number of hydrogen-bond acceptors (Lipinski definition) is 4. The normalized spacial score (nSPS) is 38.0. The maximum Gasteiger partial charge on any atom is 0.313 e. The summed E-state index contributed by atoms with van der Waals surface area (Å²) in [5.74, 6) is 0.263. The van der Waals surface area contributed by atoms with E-state index in [1.54, 1.807) is 0 Å². The molecule has 0 amide bonds. The van der Waals surface area contributed by atoms with Gasteiger partial charge >= 0.3 is 5.97 Å². The third kappa shape index (κ3) is 2.80. The van der Waals surface area contributed by atoms with Crippen molar-refractivity contribution in [3.05, 3.63) is 0 Å². The van der Waals surface area contributed by atoms with E-state index in [-0.39, 0.29) is 12.0 Å². The largest absolute Gasteiger partial charge is 0.465 e. The quantitative estimate of drug-likeness (QED) is 0.760. The summed E-state index contributed by atoms with van der Waals surface area (Å²) in [4.78, 5) is 12.1. The molecule has 0 spiro atoms. The molecular weight excluding hydrogens is 218 g/mol. The second-order valence-corrected chi connectivity index (χ2v) is 5.60. The summed E-state index contributed by atoms with van der Waals surface area (Å²) in [5, 5.41) is 0. The fourth-order valence-corrected chi connectivity index (χ4v) is 2.69. The number of ether oxygens (including phenoxy) is 2. The van der Waals surface area contributed by atoms with Crippen LogP contribution in [0.2, 0.25) is 0 Å². The Balaban J connectivity index is 1.84. The average Bonchev–Trinajstić information content (AvgIpc) is 2.83. The Morgan fingerprint density at radius 1 is 1.47 bits per heavy atom. The Labute approximate surface area is 103 Å². The molecule has 0 aromatic rings. The third-order valence-corrected chi connectivity index (χ3v) is 4.22. The molecular formula is C13H23NO3. The molecule has 4 heteroatoms. The van der Waals surface area contributed by atoms with Gasteiger partial charge in [-0.2, -0.15) is 0 Å². The number of carbonyl (C=O) groups excluding carboxylic acids is 1. The van der Waals surface area contributed by atoms with Crippen LogP contribution in [0.4, 0.5) is 0 Å². The molecule has 1 heterocycles. The molecule has 4 nitrogen and oxygen atoms in total. The lowest BCUT2D eigenvalue weighted by atomic mass is 9.72. The van der Waals surface area contributed by atoms with E-state index in [1.165, 1.54) is 0 Å². The second kappa shape index (κ2) is 5.36. The first-order valence-electron chi connectivity index (χ1n) is 6.63. The predicted octanol–water partition coefficient (Wildman–Crippen LogP) is 1.47. The maximum atomic E-state index is 12.1. The van der Waals surface area contributed by atoms with Crippen molar-refractivity contribution in [2.45, 2.75) is 45.1 Å². The topological polar surface area (TPSA) is 61.5 Å². The number of nitrogens with two attached hydrogens (primary N) is 1. The molecule has 17 heavy (non-hydrogen) atoms. The van der Waals surface area contributed by atoms with Crippen molar-refractivity contribution in [2.24, 2.45) is 17.1 Å². The minimum absolute atomic E-state index is 0.0522. The molecule has 0 aromatic heterocycles. The van der Waals surface area contributed by atoms with Crippen LogP contribution in [0.1, 0.15) is 39.0 Å². The van der Waals surface area contributed by atoms with Gasteiger partial charge in [-0.15, -0.1) is 0 Å². The monoisotopic (exact) mass is 241 g/mol. The molecule has 2 fully saturated rings. The highest BCUT2D eigenvalue weighted by atomic mass is 16.5. The number of hydrogen-bond donors (Lipinski definition) is 1. The van der Waals surface area contributed by atoms with Gasteiger partial charge in [0.15, 0.2) is 0 Å². The van der Waals surface area contributed by atoms with Gasteiger partial charge in [0.05, 0.1) is 18.6 Å². The standard InChI is InChI=1S/C13H23NO3/c1-13(6-3-2-4-11(13)14)12(15)17-9-10-5-7-16-8-10/h10-11H,2-9,14H2,1H3. The summed E-state index contributed by atoms with van der Waals surface area (Å²) >= 11 is 0. The zero-order valence-corrected chi connectivity index (χ0v) is 10.6. The minimum Gasteiger partial charge on any atom is -0.465 e. The van der Waals surface area contributed by atoms with Crippen LogP contribution < -0.4 is 5.73 Å². The first-order chi connectivity index (χ1) is 8.13. The Hall–Kier alpha value is -0.610. The molecule has 1 saturated heterocycles. The average molecular weight is 241 g/mol. The maximum absolute atomic E-state index is 12.1. The van der Waals surface area contributed by atoms with Gasteiger partial charge in [-0.3, -0.25) is 4.79 Å². The van der Waals surface area contributed by atoms with Crippen molar-refractivity contribution in [2.75, 3.05) is 19.8 Å². The van der Waals surface area contributed by atoms with Crippen LogP contribution in [0.25, 0.3) is 0 Å². The van der Waals surface area contributed by atoms with Crippen molar-refractivity contribution in [3.8, 4) is 0 Å². The van der Waals surface area contributed by atoms with Gasteiger partial charge in [0, 0.05) is 18.6 Å². The Morgan fingerprint density at radius 2 is 2.29 bits per heavy atom. The summed E-state index contributed by atoms with van der Waals surface area (Å²) in [5.41, 5.74) is 5.60. The molecule has 2 rings (SSSR count). The van der Waals surface area contributed by atoms with Gasteiger partial charge in [0.25, 0.3) is 0 Å². The first kappa shape index (κ1) is 12.8. The van der Waals surface area contributed by atoms with E-state index in [1.807, 2.05) is 6.92 Å². The van der Waals surface area contributed by atoms with E-state index in [2.05, 4.69) is 0 Å². The molecule has 1 aliphatic heterocycles. The molecule has 1 aliphatic carbocycles. The predicted molar refractivity (Wildman–Crippen MR) is 64.4 cm³/mol. The van der Waals surface area contributed by atoms with Crippen LogP contribution in [0.5, 0.6) is 0 Å². The number of rotatable bonds is 3. The molecule has 3 atom stereocenters. The molecule has 1 saturated carbocycles. The summed E-state index contributed by atoms with van der Waals surface area (Å²) in [6, 6.07) is -0.0522. The van der Waals surface area contributed by atoms with Crippen molar-refractivity contribution in [3.63, 3.8) is 0 Å². The lowest BCUT2D eigenvalue weighted by Gasteiger charge is -2.37. The summed E-state index contributed by atoms with van der Waals surface area (Å²) < 4.78 is 10.7. The van der Waals surface area contributed by atoms with Crippen LogP contribution in [0, 0.1) is 11.3 Å². The fraction of sp³-hybridized carbons (Fsp3) is 0.923. The first-order valence-corrected chi connectivity index (χ1v) is 6.63. The Kier molecular flexibility index (Phi) is 4.05. The molecule has 2 aliphatic rings. The minimum atomic E-state index is -0.474. The van der Waals surface area contributed by atoms with Crippen molar-refractivity contribution in [1.82, 2.24) is 0 Å². The third-order valence-electron chi connectivity index (χ3n) is 4.22. The molecule has 0 aromatic carbocycles. The van der Waals surface area contributed by atoms with Gasteiger partial charge in [-0.25, -0.2) is 0 Å². The second-order valence-electron chi connectivity index (χ2n) is 5.60. The van der Waals surface area contributed by atoms with E-state index in [4.69, 9.17) is 15.2 Å². The summed E-state index contributed by atoms with van der Waals surface area (Å²) in [6.07, 6.45) is 4.98. The van der Waals surface area contributed by atoms with Crippen LogP contribution in [0.3, 0.4) is 0 Å². The van der Waals surface area contributed by atoms with Gasteiger partial charge in [-0.05, 0) is 26.2 Å². The summed E-state index contributed by atoms with van der Waals surface area (Å²) in [6.45, 7) is 3.94. The zero-order valence-electron chi connectivity index (χ0n) is 10.6. The van der Waals surface area contributed by atoms with E-state index in [9.17, 15) is 4.79 Å². The highest BCUT2D eigenvalue weighted by Gasteiger charge is 2.42. The lowest BCUT2D eigenvalue weighted by molar-refractivity contribution is -0.159. The van der Waals surface area contributed by atoms with Gasteiger partial charge in [0.1, 0.15) is 0 Å². The smallest absolute Gasteiger partial charge is 0.313 e. The Bertz CT molecular complexity index is 276. The van der Waals surface area contributed by atoms with Crippen LogP contribution in [0.15, 0.2) is 0 Å². The van der Waals surface area contributed by atoms with Crippen LogP contribution in [-0.4, -0.2) is 31.8 Å². The summed E-state index contributed by atoms with van der Waals surface area (Å²) in [7, 11) is 0. The van der Waals surface area contributed by atoms with E-state index >= 15 is 0 Å². The SMILES string of the molecule is CC1(C(=O)OCC2CCOC2)CCCCC1N. The van der Waals surface area contributed by atoms with Crippen molar-refractivity contribution < 1.29 is 14.3 Å². The number of esters is 1. The lowest BCUT2D eigenvalue weighted by Crippen LogP contribution is -2.48. The van der Waals surface area contributed by atoms with Crippen LogP contribution in [-0.2, 0) is 14.3 Å². The Morgan fingerprint density at radius 3 is 2.94 bits per heavy atom.